The zero-order chi connectivity index (χ0) is 11.5. The molecule has 2 heterocycles. The monoisotopic (exact) mass is 236 g/mol. The number of nitrogens with zero attached hydrogens (tertiary/aromatic N) is 2. The van der Waals surface area contributed by atoms with Crippen molar-refractivity contribution in [2.24, 2.45) is 0 Å². The largest absolute Gasteiger partial charge is 0.493 e. The summed E-state index contributed by atoms with van der Waals surface area (Å²) in [6, 6.07) is 3.19. The minimum atomic E-state index is -0.463. The van der Waals surface area contributed by atoms with Gasteiger partial charge in [-0.3, -0.25) is 0 Å². The number of hydrogen-bond acceptors (Lipinski definition) is 6. The van der Waals surface area contributed by atoms with Crippen molar-refractivity contribution in [3.05, 3.63) is 28.7 Å². The summed E-state index contributed by atoms with van der Waals surface area (Å²) in [5.41, 5.74) is 1.32. The predicted molar refractivity (Wildman–Crippen MR) is 58.3 cm³/mol. The van der Waals surface area contributed by atoms with E-state index in [-0.39, 0.29) is 10.9 Å². The van der Waals surface area contributed by atoms with Crippen LogP contribution < -0.4 is 0 Å². The van der Waals surface area contributed by atoms with Crippen LogP contribution in [0.5, 0.6) is 5.88 Å². The summed E-state index contributed by atoms with van der Waals surface area (Å²) in [4.78, 5) is 18.9. The molecule has 0 aliphatic heterocycles. The highest BCUT2D eigenvalue weighted by Crippen LogP contribution is 2.23. The maximum atomic E-state index is 11.2. The van der Waals surface area contributed by atoms with Crippen LogP contribution in [0, 0.1) is 0 Å². The SMILES string of the molecule is COC(=O)c1nc(-c2ccnc(O)c2)cs1. The Balaban J connectivity index is 2.35. The topological polar surface area (TPSA) is 72.3 Å². The van der Waals surface area contributed by atoms with Gasteiger partial charge in [-0.2, -0.15) is 0 Å². The fourth-order valence-corrected chi connectivity index (χ4v) is 1.91. The van der Waals surface area contributed by atoms with Crippen molar-refractivity contribution in [3.63, 3.8) is 0 Å². The molecule has 0 aliphatic rings. The summed E-state index contributed by atoms with van der Waals surface area (Å²) in [7, 11) is 1.31. The Morgan fingerprint density at radius 3 is 3.06 bits per heavy atom. The van der Waals surface area contributed by atoms with Gasteiger partial charge in [0.1, 0.15) is 0 Å². The number of carbonyl (C=O) groups is 1. The summed E-state index contributed by atoms with van der Waals surface area (Å²) in [5.74, 6) is -0.542. The highest BCUT2D eigenvalue weighted by Gasteiger charge is 2.12. The van der Waals surface area contributed by atoms with E-state index in [2.05, 4.69) is 14.7 Å². The third kappa shape index (κ3) is 2.01. The van der Waals surface area contributed by atoms with Crippen LogP contribution in [0.2, 0.25) is 0 Å². The first-order valence-electron chi connectivity index (χ1n) is 4.40. The van der Waals surface area contributed by atoms with Crippen LogP contribution in [-0.2, 0) is 4.74 Å². The van der Waals surface area contributed by atoms with Gasteiger partial charge in [-0.05, 0) is 6.07 Å². The van der Waals surface area contributed by atoms with Crippen LogP contribution in [0.15, 0.2) is 23.7 Å². The Bertz CT molecular complexity index is 524. The third-order valence-corrected chi connectivity index (χ3v) is 2.73. The third-order valence-electron chi connectivity index (χ3n) is 1.91. The van der Waals surface area contributed by atoms with Crippen molar-refractivity contribution in [1.29, 1.82) is 0 Å². The molecule has 2 aromatic heterocycles. The summed E-state index contributed by atoms with van der Waals surface area (Å²) in [6.45, 7) is 0. The molecular weight excluding hydrogens is 228 g/mol. The molecule has 2 rings (SSSR count). The Hall–Kier alpha value is -1.95. The van der Waals surface area contributed by atoms with Gasteiger partial charge in [-0.25, -0.2) is 14.8 Å². The lowest BCUT2D eigenvalue weighted by molar-refractivity contribution is 0.0600. The van der Waals surface area contributed by atoms with E-state index in [0.29, 0.717) is 11.3 Å². The van der Waals surface area contributed by atoms with E-state index >= 15 is 0 Å². The second kappa shape index (κ2) is 4.28. The van der Waals surface area contributed by atoms with Crippen LogP contribution in [-0.4, -0.2) is 28.2 Å². The van der Waals surface area contributed by atoms with Gasteiger partial charge in [-0.15, -0.1) is 11.3 Å². The number of pyridine rings is 1. The molecule has 0 bridgehead atoms. The van der Waals surface area contributed by atoms with Gasteiger partial charge in [0, 0.05) is 23.2 Å². The minimum Gasteiger partial charge on any atom is -0.493 e. The predicted octanol–water partition coefficient (Wildman–Crippen LogP) is 1.70. The van der Waals surface area contributed by atoms with Gasteiger partial charge >= 0.3 is 5.97 Å². The molecule has 0 aromatic carbocycles. The maximum absolute atomic E-state index is 11.2. The van der Waals surface area contributed by atoms with Crippen LogP contribution in [0.1, 0.15) is 9.80 Å². The highest BCUT2D eigenvalue weighted by atomic mass is 32.1. The van der Waals surface area contributed by atoms with Crippen LogP contribution in [0.25, 0.3) is 11.3 Å². The van der Waals surface area contributed by atoms with Gasteiger partial charge in [0.2, 0.25) is 10.9 Å². The lowest BCUT2D eigenvalue weighted by atomic mass is 10.2. The van der Waals surface area contributed by atoms with Gasteiger partial charge in [0.25, 0.3) is 0 Å². The molecule has 2 aromatic rings. The Morgan fingerprint density at radius 1 is 1.56 bits per heavy atom. The summed E-state index contributed by atoms with van der Waals surface area (Å²) in [5, 5.41) is 11.2. The Labute approximate surface area is 95.4 Å². The molecule has 0 radical (unpaired) electrons. The van der Waals surface area contributed by atoms with E-state index in [0.717, 1.165) is 0 Å². The second-order valence-electron chi connectivity index (χ2n) is 2.93. The van der Waals surface area contributed by atoms with Crippen molar-refractivity contribution < 1.29 is 14.6 Å². The van der Waals surface area contributed by atoms with Gasteiger partial charge in [0.15, 0.2) is 0 Å². The zero-order valence-electron chi connectivity index (χ0n) is 8.38. The molecule has 0 aliphatic carbocycles. The number of aromatic nitrogens is 2. The van der Waals surface area contributed by atoms with Crippen molar-refractivity contribution >= 4 is 17.3 Å². The van der Waals surface area contributed by atoms with Crippen LogP contribution in [0.3, 0.4) is 0 Å². The molecule has 0 unspecified atom stereocenters. The van der Waals surface area contributed by atoms with Crippen molar-refractivity contribution in [3.8, 4) is 17.1 Å². The standard InChI is InChI=1S/C10H8N2O3S/c1-15-10(14)9-12-7(5-16-9)6-2-3-11-8(13)4-6/h2-5H,1H3,(H,11,13). The number of aromatic hydroxyl groups is 1. The maximum Gasteiger partial charge on any atom is 0.367 e. The smallest absolute Gasteiger partial charge is 0.367 e. The summed E-state index contributed by atoms with van der Waals surface area (Å²) < 4.78 is 4.56. The molecule has 82 valence electrons. The van der Waals surface area contributed by atoms with Gasteiger partial charge in [0.05, 0.1) is 12.8 Å². The average molecular weight is 236 g/mol. The number of hydrogen-bond donors (Lipinski definition) is 1. The lowest BCUT2D eigenvalue weighted by Crippen LogP contribution is -1.99. The van der Waals surface area contributed by atoms with Gasteiger partial charge in [-0.1, -0.05) is 0 Å². The van der Waals surface area contributed by atoms with Gasteiger partial charge < -0.3 is 9.84 Å². The van der Waals surface area contributed by atoms with Crippen LogP contribution >= 0.6 is 11.3 Å². The molecule has 0 saturated carbocycles. The number of rotatable bonds is 2. The molecule has 6 heteroatoms. The fraction of sp³-hybridized carbons (Fsp3) is 0.100. The first-order valence-corrected chi connectivity index (χ1v) is 5.28. The first kappa shape index (κ1) is 10.6. The van der Waals surface area contributed by atoms with Crippen molar-refractivity contribution in [1.82, 2.24) is 9.97 Å². The molecule has 0 atom stereocenters. The summed E-state index contributed by atoms with van der Waals surface area (Å²) >= 11 is 1.20. The van der Waals surface area contributed by atoms with E-state index in [4.69, 9.17) is 0 Å². The quantitative estimate of drug-likeness (QED) is 0.803. The Morgan fingerprint density at radius 2 is 2.38 bits per heavy atom. The van der Waals surface area contributed by atoms with E-state index in [1.165, 1.54) is 30.7 Å². The van der Waals surface area contributed by atoms with Crippen molar-refractivity contribution in [2.45, 2.75) is 0 Å². The number of esters is 1. The van der Waals surface area contributed by atoms with Crippen molar-refractivity contribution in [2.75, 3.05) is 7.11 Å². The normalized spacial score (nSPS) is 10.1. The van der Waals surface area contributed by atoms with E-state index < -0.39 is 5.97 Å². The van der Waals surface area contributed by atoms with E-state index in [9.17, 15) is 9.90 Å². The summed E-state index contributed by atoms with van der Waals surface area (Å²) in [6.07, 6.45) is 1.47. The highest BCUT2D eigenvalue weighted by molar-refractivity contribution is 7.11. The molecule has 0 saturated heterocycles. The minimum absolute atomic E-state index is 0.0786. The number of carbonyl (C=O) groups excluding carboxylic acids is 1. The average Bonchev–Trinajstić information content (AvgIpc) is 2.77. The molecular formula is C10H8N2O3S. The fourth-order valence-electron chi connectivity index (χ4n) is 1.17. The number of thiazole rings is 1. The molecule has 16 heavy (non-hydrogen) atoms. The number of ether oxygens (including phenoxy) is 1. The zero-order valence-corrected chi connectivity index (χ0v) is 9.19. The molecule has 1 N–H and O–H groups in total. The van der Waals surface area contributed by atoms with E-state index in [1.54, 1.807) is 11.4 Å². The number of methoxy groups -OCH3 is 1. The first-order chi connectivity index (χ1) is 7.70. The molecule has 0 spiro atoms. The Kier molecular flexibility index (Phi) is 2.82. The van der Waals surface area contributed by atoms with E-state index in [1.807, 2.05) is 0 Å². The molecule has 0 fully saturated rings. The molecule has 5 nitrogen and oxygen atoms in total. The molecule has 0 amide bonds. The second-order valence-corrected chi connectivity index (χ2v) is 3.79. The van der Waals surface area contributed by atoms with Crippen LogP contribution in [0.4, 0.5) is 0 Å². The lowest BCUT2D eigenvalue weighted by Gasteiger charge is -1.96.